The predicted octanol–water partition coefficient (Wildman–Crippen LogP) is 2.49. The first-order chi connectivity index (χ1) is 8.78. The summed E-state index contributed by atoms with van der Waals surface area (Å²) in [5.41, 5.74) is 6.52. The van der Waals surface area contributed by atoms with E-state index in [1.807, 2.05) is 0 Å². The fourth-order valence-electron chi connectivity index (χ4n) is 1.76. The highest BCUT2D eigenvalue weighted by Gasteiger charge is 2.04. The van der Waals surface area contributed by atoms with E-state index >= 15 is 0 Å². The van der Waals surface area contributed by atoms with Crippen molar-refractivity contribution >= 4 is 0 Å². The number of nitrogens with zero attached hydrogens (tertiary/aromatic N) is 1. The Morgan fingerprint density at radius 1 is 1.11 bits per heavy atom. The van der Waals surface area contributed by atoms with Crippen LogP contribution in [-0.4, -0.2) is 11.5 Å². The third kappa shape index (κ3) is 3.67. The molecule has 2 rings (SSSR count). The van der Waals surface area contributed by atoms with Crippen molar-refractivity contribution in [2.75, 3.05) is 6.54 Å². The minimum absolute atomic E-state index is 0.209. The molecule has 96 valence electrons. The lowest BCUT2D eigenvalue weighted by Gasteiger charge is -1.98. The van der Waals surface area contributed by atoms with E-state index < -0.39 is 0 Å². The maximum absolute atomic E-state index is 12.7. The van der Waals surface area contributed by atoms with Crippen LogP contribution in [0.4, 0.5) is 4.39 Å². The molecule has 3 nitrogen and oxygen atoms in total. The molecule has 1 aromatic carbocycles. The highest BCUT2D eigenvalue weighted by atomic mass is 19.1. The third-order valence-corrected chi connectivity index (χ3v) is 2.77. The van der Waals surface area contributed by atoms with Crippen molar-refractivity contribution in [3.63, 3.8) is 0 Å². The number of aromatic nitrogens is 1. The average Bonchev–Trinajstić information content (AvgIpc) is 2.84. The average molecular weight is 248 g/mol. The van der Waals surface area contributed by atoms with Crippen molar-refractivity contribution in [2.24, 2.45) is 5.73 Å². The SMILES string of the molecule is NCCCc1cnc(CCc2ccc(F)cc2)o1. The highest BCUT2D eigenvalue weighted by molar-refractivity contribution is 5.16. The summed E-state index contributed by atoms with van der Waals surface area (Å²) in [6, 6.07) is 6.51. The monoisotopic (exact) mass is 248 g/mol. The van der Waals surface area contributed by atoms with Gasteiger partial charge in [-0.15, -0.1) is 0 Å². The van der Waals surface area contributed by atoms with Gasteiger partial charge in [-0.3, -0.25) is 0 Å². The lowest BCUT2D eigenvalue weighted by atomic mass is 10.1. The summed E-state index contributed by atoms with van der Waals surface area (Å²) in [6.07, 6.45) is 5.04. The van der Waals surface area contributed by atoms with Crippen molar-refractivity contribution in [3.8, 4) is 0 Å². The van der Waals surface area contributed by atoms with Crippen LogP contribution in [0.3, 0.4) is 0 Å². The van der Waals surface area contributed by atoms with Gasteiger partial charge >= 0.3 is 0 Å². The molecule has 1 heterocycles. The van der Waals surface area contributed by atoms with E-state index in [0.717, 1.165) is 42.9 Å². The largest absolute Gasteiger partial charge is 0.446 e. The molecular formula is C14H17FN2O. The third-order valence-electron chi connectivity index (χ3n) is 2.77. The first-order valence-electron chi connectivity index (χ1n) is 6.16. The van der Waals surface area contributed by atoms with Crippen LogP contribution < -0.4 is 5.73 Å². The van der Waals surface area contributed by atoms with Crippen LogP contribution in [-0.2, 0) is 19.3 Å². The Kier molecular flexibility index (Phi) is 4.47. The number of benzene rings is 1. The summed E-state index contributed by atoms with van der Waals surface area (Å²) in [7, 11) is 0. The summed E-state index contributed by atoms with van der Waals surface area (Å²) in [4.78, 5) is 4.22. The Morgan fingerprint density at radius 2 is 1.89 bits per heavy atom. The van der Waals surface area contributed by atoms with Gasteiger partial charge < -0.3 is 10.2 Å². The van der Waals surface area contributed by atoms with Crippen molar-refractivity contribution in [1.82, 2.24) is 4.98 Å². The number of hydrogen-bond acceptors (Lipinski definition) is 3. The molecule has 0 saturated heterocycles. The van der Waals surface area contributed by atoms with Gasteiger partial charge in [0, 0.05) is 12.8 Å². The molecule has 2 N–H and O–H groups in total. The molecule has 18 heavy (non-hydrogen) atoms. The van der Waals surface area contributed by atoms with Gasteiger partial charge in [0.2, 0.25) is 0 Å². The topological polar surface area (TPSA) is 52.0 Å². The van der Waals surface area contributed by atoms with Gasteiger partial charge in [-0.25, -0.2) is 9.37 Å². The van der Waals surface area contributed by atoms with Gasteiger partial charge in [0.15, 0.2) is 5.89 Å². The normalized spacial score (nSPS) is 10.8. The van der Waals surface area contributed by atoms with Crippen LogP contribution in [0.25, 0.3) is 0 Å². The molecule has 0 amide bonds. The summed E-state index contributed by atoms with van der Waals surface area (Å²) in [6.45, 7) is 0.658. The Balaban J connectivity index is 1.86. The molecule has 4 heteroatoms. The fraction of sp³-hybridized carbons (Fsp3) is 0.357. The number of nitrogens with two attached hydrogens (primary N) is 1. The minimum Gasteiger partial charge on any atom is -0.446 e. The molecule has 0 atom stereocenters. The molecular weight excluding hydrogens is 231 g/mol. The Bertz CT molecular complexity index is 479. The molecule has 0 aliphatic carbocycles. The second kappa shape index (κ2) is 6.31. The number of oxazole rings is 1. The van der Waals surface area contributed by atoms with Crippen molar-refractivity contribution in [1.29, 1.82) is 0 Å². The molecule has 1 aromatic heterocycles. The van der Waals surface area contributed by atoms with Gasteiger partial charge in [0.25, 0.3) is 0 Å². The number of halogens is 1. The molecule has 0 spiro atoms. The number of hydrogen-bond donors (Lipinski definition) is 1. The highest BCUT2D eigenvalue weighted by Crippen LogP contribution is 2.10. The molecule has 0 fully saturated rings. The minimum atomic E-state index is -0.209. The second-order valence-electron chi connectivity index (χ2n) is 4.24. The number of rotatable bonds is 6. The molecule has 0 saturated carbocycles. The molecule has 0 unspecified atom stereocenters. The number of aryl methyl sites for hydroxylation is 3. The predicted molar refractivity (Wildman–Crippen MR) is 67.7 cm³/mol. The van der Waals surface area contributed by atoms with Crippen LogP contribution in [0.1, 0.15) is 23.6 Å². The lowest BCUT2D eigenvalue weighted by molar-refractivity contribution is 0.450. The van der Waals surface area contributed by atoms with Crippen LogP contribution in [0, 0.1) is 5.82 Å². The van der Waals surface area contributed by atoms with E-state index in [1.54, 1.807) is 18.3 Å². The summed E-state index contributed by atoms with van der Waals surface area (Å²) >= 11 is 0. The van der Waals surface area contributed by atoms with E-state index in [4.69, 9.17) is 10.2 Å². The maximum atomic E-state index is 12.7. The van der Waals surface area contributed by atoms with E-state index in [-0.39, 0.29) is 5.82 Å². The van der Waals surface area contributed by atoms with Crippen LogP contribution in [0.2, 0.25) is 0 Å². The Morgan fingerprint density at radius 3 is 2.61 bits per heavy atom. The van der Waals surface area contributed by atoms with E-state index in [2.05, 4.69) is 4.98 Å². The van der Waals surface area contributed by atoms with E-state index in [0.29, 0.717) is 6.54 Å². The van der Waals surface area contributed by atoms with Gasteiger partial charge in [-0.2, -0.15) is 0 Å². The molecule has 0 radical (unpaired) electrons. The van der Waals surface area contributed by atoms with Crippen LogP contribution >= 0.6 is 0 Å². The zero-order valence-electron chi connectivity index (χ0n) is 10.2. The van der Waals surface area contributed by atoms with E-state index in [9.17, 15) is 4.39 Å². The van der Waals surface area contributed by atoms with Crippen molar-refractivity contribution in [3.05, 3.63) is 53.5 Å². The molecule has 0 bridgehead atoms. The fourth-order valence-corrected chi connectivity index (χ4v) is 1.76. The Hall–Kier alpha value is -1.68. The maximum Gasteiger partial charge on any atom is 0.194 e. The standard InChI is InChI=1S/C14H17FN2O/c15-12-6-3-11(4-7-12)5-8-14-17-10-13(18-14)2-1-9-16/h3-4,6-7,10H,1-2,5,8-9,16H2. The lowest BCUT2D eigenvalue weighted by Crippen LogP contribution is -1.99. The van der Waals surface area contributed by atoms with Gasteiger partial charge in [0.1, 0.15) is 11.6 Å². The van der Waals surface area contributed by atoms with Gasteiger partial charge in [-0.1, -0.05) is 12.1 Å². The van der Waals surface area contributed by atoms with Gasteiger partial charge in [0.05, 0.1) is 6.20 Å². The first kappa shape index (κ1) is 12.8. The van der Waals surface area contributed by atoms with Crippen LogP contribution in [0.5, 0.6) is 0 Å². The zero-order valence-corrected chi connectivity index (χ0v) is 10.2. The first-order valence-corrected chi connectivity index (χ1v) is 6.16. The van der Waals surface area contributed by atoms with Crippen molar-refractivity contribution < 1.29 is 8.81 Å². The summed E-state index contributed by atoms with van der Waals surface area (Å²) < 4.78 is 18.3. The molecule has 0 aliphatic rings. The smallest absolute Gasteiger partial charge is 0.194 e. The van der Waals surface area contributed by atoms with Gasteiger partial charge in [-0.05, 0) is 37.1 Å². The van der Waals surface area contributed by atoms with Crippen molar-refractivity contribution in [2.45, 2.75) is 25.7 Å². The summed E-state index contributed by atoms with van der Waals surface area (Å²) in [5, 5.41) is 0. The summed E-state index contributed by atoms with van der Waals surface area (Å²) in [5.74, 6) is 1.40. The molecule has 0 aliphatic heterocycles. The Labute approximate surface area is 106 Å². The molecule has 2 aromatic rings. The van der Waals surface area contributed by atoms with Crippen LogP contribution in [0.15, 0.2) is 34.9 Å². The second-order valence-corrected chi connectivity index (χ2v) is 4.24. The quantitative estimate of drug-likeness (QED) is 0.854. The van der Waals surface area contributed by atoms with E-state index in [1.165, 1.54) is 12.1 Å². The zero-order chi connectivity index (χ0) is 12.8.